The molecule has 3 aromatic rings. The van der Waals surface area contributed by atoms with E-state index < -0.39 is 28.5 Å². The molecule has 3 aromatic carbocycles. The fourth-order valence-corrected chi connectivity index (χ4v) is 5.87. The summed E-state index contributed by atoms with van der Waals surface area (Å²) in [6, 6.07) is 19.6. The Labute approximate surface area is 239 Å². The van der Waals surface area contributed by atoms with E-state index in [0.717, 1.165) is 19.9 Å². The van der Waals surface area contributed by atoms with Crippen LogP contribution in [0.5, 0.6) is 5.75 Å². The first-order valence-electron chi connectivity index (χ1n) is 12.7. The monoisotopic (exact) mass is 615 g/mol. The molecule has 0 aliphatic carbocycles. The van der Waals surface area contributed by atoms with Crippen molar-refractivity contribution >= 4 is 43.5 Å². The van der Waals surface area contributed by atoms with Crippen molar-refractivity contribution in [2.45, 2.75) is 44.7 Å². The van der Waals surface area contributed by atoms with E-state index in [0.29, 0.717) is 24.5 Å². The molecule has 0 heterocycles. The zero-order valence-corrected chi connectivity index (χ0v) is 25.0. The maximum Gasteiger partial charge on any atom is 0.264 e. The minimum Gasteiger partial charge on any atom is -0.494 e. The molecule has 1 unspecified atom stereocenters. The number of benzene rings is 3. The quantitative estimate of drug-likeness (QED) is 0.312. The lowest BCUT2D eigenvalue weighted by molar-refractivity contribution is -0.140. The molecule has 1 N–H and O–H groups in total. The summed E-state index contributed by atoms with van der Waals surface area (Å²) in [5, 5.41) is 2.63. The van der Waals surface area contributed by atoms with Gasteiger partial charge in [-0.1, -0.05) is 47.1 Å². The van der Waals surface area contributed by atoms with Crippen LogP contribution in [0.15, 0.2) is 82.2 Å². The third kappa shape index (κ3) is 7.39. The van der Waals surface area contributed by atoms with Crippen LogP contribution in [0.2, 0.25) is 0 Å². The van der Waals surface area contributed by atoms with E-state index in [4.69, 9.17) is 4.74 Å². The Morgan fingerprint density at radius 2 is 1.62 bits per heavy atom. The fourth-order valence-electron chi connectivity index (χ4n) is 4.19. The highest BCUT2D eigenvalue weighted by Crippen LogP contribution is 2.27. The predicted octanol–water partition coefficient (Wildman–Crippen LogP) is 4.90. The molecule has 2 amide bonds. The normalized spacial score (nSPS) is 11.9. The van der Waals surface area contributed by atoms with Gasteiger partial charge in [0, 0.05) is 18.1 Å². The Morgan fingerprint density at radius 3 is 2.18 bits per heavy atom. The molecule has 0 aliphatic heterocycles. The zero-order chi connectivity index (χ0) is 28.6. The van der Waals surface area contributed by atoms with Crippen molar-refractivity contribution in [3.63, 3.8) is 0 Å². The van der Waals surface area contributed by atoms with E-state index in [1.54, 1.807) is 36.4 Å². The van der Waals surface area contributed by atoms with Crippen molar-refractivity contribution in [2.75, 3.05) is 24.5 Å². The summed E-state index contributed by atoms with van der Waals surface area (Å²) < 4.78 is 35.1. The Morgan fingerprint density at radius 1 is 0.974 bits per heavy atom. The molecule has 0 aromatic heterocycles. The Kier molecular flexibility index (Phi) is 10.5. The summed E-state index contributed by atoms with van der Waals surface area (Å²) in [6.45, 7) is 5.74. The maximum atomic E-state index is 14.0. The van der Waals surface area contributed by atoms with Gasteiger partial charge >= 0.3 is 0 Å². The van der Waals surface area contributed by atoms with Crippen molar-refractivity contribution in [1.82, 2.24) is 10.2 Å². The van der Waals surface area contributed by atoms with E-state index in [-0.39, 0.29) is 17.3 Å². The molecule has 1 atom stereocenters. The van der Waals surface area contributed by atoms with Crippen LogP contribution in [0.4, 0.5) is 5.69 Å². The number of likely N-dealkylation sites (N-methyl/N-ethyl adjacent to an activating group) is 1. The smallest absolute Gasteiger partial charge is 0.264 e. The maximum absolute atomic E-state index is 14.0. The highest BCUT2D eigenvalue weighted by molar-refractivity contribution is 9.10. The van der Waals surface area contributed by atoms with Gasteiger partial charge in [-0.2, -0.15) is 0 Å². The molecule has 0 bridgehead atoms. The van der Waals surface area contributed by atoms with Gasteiger partial charge in [-0.05, 0) is 79.9 Å². The van der Waals surface area contributed by atoms with Gasteiger partial charge in [-0.25, -0.2) is 8.42 Å². The van der Waals surface area contributed by atoms with E-state index in [1.165, 1.54) is 24.1 Å². The van der Waals surface area contributed by atoms with Crippen LogP contribution in [0.1, 0.15) is 31.4 Å². The van der Waals surface area contributed by atoms with Gasteiger partial charge in [0.1, 0.15) is 18.3 Å². The summed E-state index contributed by atoms with van der Waals surface area (Å²) in [6.07, 6.45) is 0.361. The molecule has 0 spiro atoms. The van der Waals surface area contributed by atoms with E-state index >= 15 is 0 Å². The number of nitrogens with one attached hydrogen (secondary N) is 1. The second-order valence-electron chi connectivity index (χ2n) is 8.88. The highest BCUT2D eigenvalue weighted by atomic mass is 79.9. The number of hydrogen-bond donors (Lipinski definition) is 1. The lowest BCUT2D eigenvalue weighted by Crippen LogP contribution is -2.51. The first kappa shape index (κ1) is 30.2. The number of hydrogen-bond acceptors (Lipinski definition) is 5. The molecule has 39 heavy (non-hydrogen) atoms. The van der Waals surface area contributed by atoms with Crippen LogP contribution in [0.3, 0.4) is 0 Å². The standard InChI is InChI=1S/C29H34BrN3O5S/c1-5-27(29(35)31-4)32(19-22-10-8-7-9-21(22)3)28(34)20-33(24-13-15-25(16-14-24)38-6-2)39(36,37)26-17-11-23(30)12-18-26/h7-18,27H,5-6,19-20H2,1-4H3,(H,31,35). The zero-order valence-electron chi connectivity index (χ0n) is 22.6. The topological polar surface area (TPSA) is 96.0 Å². The molecule has 208 valence electrons. The first-order chi connectivity index (χ1) is 18.6. The minimum absolute atomic E-state index is 0.0381. The third-order valence-corrected chi connectivity index (χ3v) is 8.67. The number of anilines is 1. The van der Waals surface area contributed by atoms with Crippen LogP contribution in [-0.2, 0) is 26.2 Å². The van der Waals surface area contributed by atoms with E-state index in [1.807, 2.05) is 45.0 Å². The van der Waals surface area contributed by atoms with Crippen LogP contribution in [0, 0.1) is 6.92 Å². The molecule has 10 heteroatoms. The highest BCUT2D eigenvalue weighted by Gasteiger charge is 2.33. The summed E-state index contributed by atoms with van der Waals surface area (Å²) in [7, 11) is -2.62. The lowest BCUT2D eigenvalue weighted by atomic mass is 10.1. The number of amides is 2. The van der Waals surface area contributed by atoms with Gasteiger partial charge in [0.05, 0.1) is 17.2 Å². The van der Waals surface area contributed by atoms with Gasteiger partial charge in [-0.3, -0.25) is 13.9 Å². The number of nitrogens with zero attached hydrogens (tertiary/aromatic N) is 2. The number of ether oxygens (including phenoxy) is 1. The summed E-state index contributed by atoms with van der Waals surface area (Å²) in [5.41, 5.74) is 2.14. The number of sulfonamides is 1. The number of carbonyl (C=O) groups is 2. The number of carbonyl (C=O) groups excluding carboxylic acids is 2. The molecule has 0 saturated heterocycles. The SMILES string of the molecule is CCOc1ccc(N(CC(=O)N(Cc2ccccc2C)C(CC)C(=O)NC)S(=O)(=O)c2ccc(Br)cc2)cc1. The average molecular weight is 617 g/mol. The van der Waals surface area contributed by atoms with Crippen LogP contribution >= 0.6 is 15.9 Å². The Hall–Kier alpha value is -3.37. The Balaban J connectivity index is 2.07. The summed E-state index contributed by atoms with van der Waals surface area (Å²) in [5.74, 6) is -0.230. The van der Waals surface area contributed by atoms with Gasteiger partial charge in [-0.15, -0.1) is 0 Å². The van der Waals surface area contributed by atoms with Gasteiger partial charge < -0.3 is 15.0 Å². The second-order valence-corrected chi connectivity index (χ2v) is 11.7. The van der Waals surface area contributed by atoms with Crippen LogP contribution < -0.4 is 14.4 Å². The molecule has 0 aliphatic rings. The number of halogens is 1. The Bertz CT molecular complexity index is 1380. The molecule has 8 nitrogen and oxygen atoms in total. The molecule has 3 rings (SSSR count). The largest absolute Gasteiger partial charge is 0.494 e. The van der Waals surface area contributed by atoms with Crippen LogP contribution in [0.25, 0.3) is 0 Å². The van der Waals surface area contributed by atoms with E-state index in [9.17, 15) is 18.0 Å². The third-order valence-electron chi connectivity index (χ3n) is 6.35. The average Bonchev–Trinajstić information content (AvgIpc) is 2.93. The summed E-state index contributed by atoms with van der Waals surface area (Å²) >= 11 is 3.34. The van der Waals surface area contributed by atoms with Crippen LogP contribution in [-0.4, -0.2) is 51.4 Å². The lowest BCUT2D eigenvalue weighted by Gasteiger charge is -2.33. The van der Waals surface area contributed by atoms with Crippen molar-refractivity contribution in [3.05, 3.63) is 88.4 Å². The predicted molar refractivity (Wildman–Crippen MR) is 156 cm³/mol. The molecular formula is C29H34BrN3O5S. The fraction of sp³-hybridized carbons (Fsp3) is 0.310. The van der Waals surface area contributed by atoms with Crippen molar-refractivity contribution in [3.8, 4) is 5.75 Å². The number of rotatable bonds is 12. The van der Waals surface area contributed by atoms with Crippen molar-refractivity contribution < 1.29 is 22.7 Å². The van der Waals surface area contributed by atoms with E-state index in [2.05, 4.69) is 21.2 Å². The first-order valence-corrected chi connectivity index (χ1v) is 14.9. The van der Waals surface area contributed by atoms with Gasteiger partial charge in [0.25, 0.3) is 10.0 Å². The minimum atomic E-state index is -4.14. The van der Waals surface area contributed by atoms with Crippen molar-refractivity contribution in [1.29, 1.82) is 0 Å². The van der Waals surface area contributed by atoms with Crippen molar-refractivity contribution in [2.24, 2.45) is 0 Å². The number of aryl methyl sites for hydroxylation is 1. The molecule has 0 saturated carbocycles. The summed E-state index contributed by atoms with van der Waals surface area (Å²) in [4.78, 5) is 28.3. The van der Waals surface area contributed by atoms with Gasteiger partial charge in [0.2, 0.25) is 11.8 Å². The molecular weight excluding hydrogens is 582 g/mol. The second kappa shape index (κ2) is 13.6. The molecule has 0 radical (unpaired) electrons. The van der Waals surface area contributed by atoms with Gasteiger partial charge in [0.15, 0.2) is 0 Å². The molecule has 0 fully saturated rings.